The number of hydrogen-bond acceptors (Lipinski definition) is 5. The number of benzene rings is 1. The van der Waals surface area contributed by atoms with Crippen molar-refractivity contribution < 1.29 is 4.79 Å². The zero-order valence-corrected chi connectivity index (χ0v) is 19.6. The molecule has 3 aromatic rings. The molecule has 1 aliphatic carbocycles. The Labute approximate surface area is 188 Å². The molecule has 0 aliphatic heterocycles. The van der Waals surface area contributed by atoms with Crippen LogP contribution >= 0.6 is 34.7 Å². The molecule has 8 heteroatoms. The quantitative estimate of drug-likeness (QED) is 0.439. The third-order valence-electron chi connectivity index (χ3n) is 4.89. The standard InChI is InChI=1S/C22H24ClN3O2S2/c1-22(2,3)25-17(27)12-29-21-24-19-18(15-6-4-5-7-16(15)30-19)20(28)26(21)14-10-8-13(23)9-11-14/h8-11H,4-7,12H2,1-3H3,(H,25,27). The largest absolute Gasteiger partial charge is 0.351 e. The van der Waals surface area contributed by atoms with Crippen molar-refractivity contribution in [1.29, 1.82) is 0 Å². The number of carbonyl (C=O) groups excluding carboxylic acids is 1. The van der Waals surface area contributed by atoms with E-state index in [0.717, 1.165) is 41.5 Å². The molecule has 0 saturated heterocycles. The average Bonchev–Trinajstić information content (AvgIpc) is 3.05. The van der Waals surface area contributed by atoms with Crippen LogP contribution in [0.15, 0.2) is 34.2 Å². The van der Waals surface area contributed by atoms with Crippen molar-refractivity contribution in [3.8, 4) is 5.69 Å². The highest BCUT2D eigenvalue weighted by Crippen LogP contribution is 2.35. The molecular formula is C22H24ClN3O2S2. The van der Waals surface area contributed by atoms with Crippen LogP contribution in [0.4, 0.5) is 0 Å². The van der Waals surface area contributed by atoms with Gasteiger partial charge in [0, 0.05) is 15.4 Å². The molecule has 158 valence electrons. The molecule has 0 unspecified atom stereocenters. The first-order chi connectivity index (χ1) is 14.2. The van der Waals surface area contributed by atoms with Crippen LogP contribution in [0, 0.1) is 0 Å². The molecule has 0 fully saturated rings. The smallest absolute Gasteiger partial charge is 0.267 e. The third-order valence-corrected chi connectivity index (χ3v) is 7.27. The summed E-state index contributed by atoms with van der Waals surface area (Å²) in [7, 11) is 0. The molecule has 1 amide bonds. The first-order valence-corrected chi connectivity index (χ1v) is 12.2. The van der Waals surface area contributed by atoms with Crippen molar-refractivity contribution >= 4 is 50.8 Å². The van der Waals surface area contributed by atoms with Crippen LogP contribution in [0.5, 0.6) is 0 Å². The van der Waals surface area contributed by atoms with Gasteiger partial charge in [0.1, 0.15) is 4.83 Å². The van der Waals surface area contributed by atoms with Crippen LogP contribution in [-0.4, -0.2) is 26.8 Å². The predicted molar refractivity (Wildman–Crippen MR) is 125 cm³/mol. The summed E-state index contributed by atoms with van der Waals surface area (Å²) in [5.41, 5.74) is 1.48. The van der Waals surface area contributed by atoms with Crippen LogP contribution in [0.3, 0.4) is 0 Å². The molecule has 0 radical (unpaired) electrons. The minimum absolute atomic E-state index is 0.0690. The second kappa shape index (κ2) is 8.36. The number of fused-ring (bicyclic) bond motifs is 3. The molecule has 2 aromatic heterocycles. The molecule has 2 heterocycles. The lowest BCUT2D eigenvalue weighted by Gasteiger charge is -2.20. The van der Waals surface area contributed by atoms with E-state index in [4.69, 9.17) is 16.6 Å². The zero-order valence-electron chi connectivity index (χ0n) is 17.3. The van der Waals surface area contributed by atoms with Crippen LogP contribution in [-0.2, 0) is 17.6 Å². The van der Waals surface area contributed by atoms with Crippen molar-refractivity contribution in [2.24, 2.45) is 0 Å². The average molecular weight is 462 g/mol. The van der Waals surface area contributed by atoms with Gasteiger partial charge in [0.2, 0.25) is 5.91 Å². The van der Waals surface area contributed by atoms with E-state index in [1.807, 2.05) is 32.9 Å². The molecule has 0 atom stereocenters. The molecule has 5 nitrogen and oxygen atoms in total. The number of thioether (sulfide) groups is 1. The summed E-state index contributed by atoms with van der Waals surface area (Å²) >= 11 is 8.96. The Kier molecular flexibility index (Phi) is 5.97. The van der Waals surface area contributed by atoms with E-state index in [1.54, 1.807) is 28.0 Å². The summed E-state index contributed by atoms with van der Waals surface area (Å²) in [6, 6.07) is 7.15. The lowest BCUT2D eigenvalue weighted by molar-refractivity contribution is -0.119. The Balaban J connectivity index is 1.81. The molecule has 1 N–H and O–H groups in total. The maximum Gasteiger partial charge on any atom is 0.267 e. The minimum atomic E-state index is -0.308. The summed E-state index contributed by atoms with van der Waals surface area (Å²) in [5, 5.41) is 4.82. The number of aromatic nitrogens is 2. The van der Waals surface area contributed by atoms with Gasteiger partial charge in [-0.3, -0.25) is 14.2 Å². The van der Waals surface area contributed by atoms with Gasteiger partial charge in [-0.05, 0) is 76.3 Å². The van der Waals surface area contributed by atoms with E-state index in [0.29, 0.717) is 15.9 Å². The van der Waals surface area contributed by atoms with Gasteiger partial charge in [0.25, 0.3) is 5.56 Å². The number of amides is 1. The van der Waals surface area contributed by atoms with E-state index in [2.05, 4.69) is 5.32 Å². The normalized spacial score (nSPS) is 14.0. The second-order valence-electron chi connectivity index (χ2n) is 8.49. The van der Waals surface area contributed by atoms with E-state index >= 15 is 0 Å². The highest BCUT2D eigenvalue weighted by Gasteiger charge is 2.23. The summed E-state index contributed by atoms with van der Waals surface area (Å²) in [6.45, 7) is 5.83. The van der Waals surface area contributed by atoms with Gasteiger partial charge in [-0.2, -0.15) is 0 Å². The molecule has 0 bridgehead atoms. The molecule has 30 heavy (non-hydrogen) atoms. The van der Waals surface area contributed by atoms with E-state index in [1.165, 1.54) is 16.6 Å². The maximum atomic E-state index is 13.6. The zero-order chi connectivity index (χ0) is 21.5. The lowest BCUT2D eigenvalue weighted by Crippen LogP contribution is -2.41. The van der Waals surface area contributed by atoms with Crippen molar-refractivity contribution in [1.82, 2.24) is 14.9 Å². The van der Waals surface area contributed by atoms with E-state index < -0.39 is 0 Å². The van der Waals surface area contributed by atoms with Gasteiger partial charge in [-0.25, -0.2) is 4.98 Å². The van der Waals surface area contributed by atoms with Crippen molar-refractivity contribution in [2.75, 3.05) is 5.75 Å². The fourth-order valence-corrected chi connectivity index (χ4v) is 5.93. The van der Waals surface area contributed by atoms with Gasteiger partial charge in [0.05, 0.1) is 16.8 Å². The Morgan fingerprint density at radius 2 is 1.93 bits per heavy atom. The number of rotatable bonds is 4. The SMILES string of the molecule is CC(C)(C)NC(=O)CSc1nc2sc3c(c2c(=O)n1-c1ccc(Cl)cc1)CCCC3. The Morgan fingerprint density at radius 1 is 1.23 bits per heavy atom. The van der Waals surface area contributed by atoms with Gasteiger partial charge in [0.15, 0.2) is 5.16 Å². The summed E-state index contributed by atoms with van der Waals surface area (Å²) < 4.78 is 1.62. The summed E-state index contributed by atoms with van der Waals surface area (Å²) in [4.78, 5) is 32.9. The number of halogens is 1. The third kappa shape index (κ3) is 4.43. The minimum Gasteiger partial charge on any atom is -0.351 e. The van der Waals surface area contributed by atoms with Crippen LogP contribution < -0.4 is 10.9 Å². The van der Waals surface area contributed by atoms with Crippen molar-refractivity contribution in [3.05, 3.63) is 50.1 Å². The Morgan fingerprint density at radius 3 is 2.63 bits per heavy atom. The Hall–Kier alpha value is -1.83. The topological polar surface area (TPSA) is 64.0 Å². The second-order valence-corrected chi connectivity index (χ2v) is 11.0. The molecule has 1 aromatic carbocycles. The highest BCUT2D eigenvalue weighted by atomic mass is 35.5. The first-order valence-electron chi connectivity index (χ1n) is 10.00. The van der Waals surface area contributed by atoms with Gasteiger partial charge >= 0.3 is 0 Å². The van der Waals surface area contributed by atoms with Crippen LogP contribution in [0.25, 0.3) is 15.9 Å². The fourth-order valence-electron chi connectivity index (χ4n) is 3.69. The summed E-state index contributed by atoms with van der Waals surface area (Å²) in [5.74, 6) is 0.100. The number of hydrogen-bond donors (Lipinski definition) is 1. The predicted octanol–water partition coefficient (Wildman–Crippen LogP) is 4.99. The van der Waals surface area contributed by atoms with Gasteiger partial charge in [-0.15, -0.1) is 11.3 Å². The number of thiophene rings is 1. The highest BCUT2D eigenvalue weighted by molar-refractivity contribution is 7.99. The molecular weight excluding hydrogens is 438 g/mol. The molecule has 4 rings (SSSR count). The van der Waals surface area contributed by atoms with Crippen molar-refractivity contribution in [3.63, 3.8) is 0 Å². The lowest BCUT2D eigenvalue weighted by atomic mass is 9.97. The van der Waals surface area contributed by atoms with E-state index in [9.17, 15) is 9.59 Å². The number of nitrogens with zero attached hydrogens (tertiary/aromatic N) is 2. The number of nitrogens with one attached hydrogen (secondary N) is 1. The Bertz CT molecular complexity index is 1160. The maximum absolute atomic E-state index is 13.6. The van der Waals surface area contributed by atoms with Crippen LogP contribution in [0.2, 0.25) is 5.02 Å². The number of carbonyl (C=O) groups is 1. The van der Waals surface area contributed by atoms with Gasteiger partial charge < -0.3 is 5.32 Å². The monoisotopic (exact) mass is 461 g/mol. The van der Waals surface area contributed by atoms with Gasteiger partial charge in [-0.1, -0.05) is 23.4 Å². The number of aryl methyl sites for hydroxylation is 2. The molecule has 1 aliphatic rings. The van der Waals surface area contributed by atoms with Crippen LogP contribution in [0.1, 0.15) is 44.1 Å². The summed E-state index contributed by atoms with van der Waals surface area (Å²) in [6.07, 6.45) is 4.18. The molecule has 0 spiro atoms. The van der Waals surface area contributed by atoms with Crippen molar-refractivity contribution in [2.45, 2.75) is 57.1 Å². The molecule has 0 saturated carbocycles. The van der Waals surface area contributed by atoms with E-state index in [-0.39, 0.29) is 22.8 Å². The fraction of sp³-hybridized carbons (Fsp3) is 0.409. The first kappa shape index (κ1) is 21.4.